The molecular weight excluding hydrogens is 379 g/mol. The van der Waals surface area contributed by atoms with Gasteiger partial charge in [-0.1, -0.05) is 42.5 Å². The van der Waals surface area contributed by atoms with Gasteiger partial charge in [-0.2, -0.15) is 0 Å². The Morgan fingerprint density at radius 3 is 2.59 bits per heavy atom. The Kier molecular flexibility index (Phi) is 7.25. The van der Waals surface area contributed by atoms with Crippen LogP contribution in [0, 0.1) is 6.92 Å². The number of aromatic nitrogens is 3. The fourth-order valence-electron chi connectivity index (χ4n) is 3.14. The van der Waals surface area contributed by atoms with Crippen molar-refractivity contribution in [1.29, 1.82) is 0 Å². The summed E-state index contributed by atoms with van der Waals surface area (Å²) in [4.78, 5) is 13.1. The minimum absolute atomic E-state index is 0.537. The molecule has 6 heteroatoms. The minimum atomic E-state index is 0.537. The summed E-state index contributed by atoms with van der Waals surface area (Å²) < 4.78 is 0. The Bertz CT molecular complexity index is 878. The van der Waals surface area contributed by atoms with Crippen molar-refractivity contribution in [2.24, 2.45) is 0 Å². The summed E-state index contributed by atoms with van der Waals surface area (Å²) in [5, 5.41) is 5.88. The van der Waals surface area contributed by atoms with Crippen LogP contribution in [-0.4, -0.2) is 21.5 Å². The number of pyridine rings is 1. The highest BCUT2D eigenvalue weighted by Crippen LogP contribution is 2.24. The Labute approximate surface area is 170 Å². The van der Waals surface area contributed by atoms with E-state index in [1.165, 1.54) is 19.3 Å². The maximum atomic E-state index is 6.04. The van der Waals surface area contributed by atoms with Gasteiger partial charge >= 0.3 is 0 Å². The summed E-state index contributed by atoms with van der Waals surface area (Å²) >= 11 is 12.0. The molecule has 3 aromatic rings. The van der Waals surface area contributed by atoms with Crippen LogP contribution in [0.5, 0.6) is 0 Å². The van der Waals surface area contributed by atoms with Gasteiger partial charge in [0.15, 0.2) is 0 Å². The monoisotopic (exact) mass is 402 g/mol. The normalized spacial score (nSPS) is 11.1. The van der Waals surface area contributed by atoms with Gasteiger partial charge in [0, 0.05) is 41.0 Å². The second-order valence-electron chi connectivity index (χ2n) is 6.71. The highest BCUT2D eigenvalue weighted by molar-refractivity contribution is 6.31. The molecule has 1 aromatic carbocycles. The third-order valence-electron chi connectivity index (χ3n) is 4.47. The lowest BCUT2D eigenvalue weighted by molar-refractivity contribution is 0.614. The molecule has 0 saturated carbocycles. The molecular formula is C21H24Cl2N4. The molecule has 0 spiro atoms. The molecule has 0 bridgehead atoms. The van der Waals surface area contributed by atoms with E-state index in [0.717, 1.165) is 53.9 Å². The number of unbranched alkanes of at least 4 members (excludes halogenated alkanes) is 4. The van der Waals surface area contributed by atoms with Gasteiger partial charge in [-0.05, 0) is 50.1 Å². The van der Waals surface area contributed by atoms with Gasteiger partial charge in [0.2, 0.25) is 0 Å². The van der Waals surface area contributed by atoms with Crippen LogP contribution in [0.2, 0.25) is 10.2 Å². The number of rotatable bonds is 9. The number of nitrogens with zero attached hydrogens (tertiary/aromatic N) is 3. The Morgan fingerprint density at radius 2 is 1.74 bits per heavy atom. The molecule has 142 valence electrons. The maximum absolute atomic E-state index is 6.04. The molecule has 0 aliphatic carbocycles. The Hall–Kier alpha value is -1.91. The molecule has 2 aromatic heterocycles. The number of fused-ring (bicyclic) bond motifs is 1. The van der Waals surface area contributed by atoms with Crippen molar-refractivity contribution in [2.75, 3.05) is 11.9 Å². The maximum Gasteiger partial charge on any atom is 0.133 e. The predicted molar refractivity (Wildman–Crippen MR) is 114 cm³/mol. The Balaban J connectivity index is 1.34. The first-order chi connectivity index (χ1) is 13.1. The van der Waals surface area contributed by atoms with Gasteiger partial charge < -0.3 is 5.32 Å². The van der Waals surface area contributed by atoms with E-state index in [1.54, 1.807) is 6.07 Å². The topological polar surface area (TPSA) is 50.7 Å². The first-order valence-electron chi connectivity index (χ1n) is 9.40. The molecule has 27 heavy (non-hydrogen) atoms. The Morgan fingerprint density at radius 1 is 0.926 bits per heavy atom. The van der Waals surface area contributed by atoms with Crippen LogP contribution in [0.4, 0.5) is 5.69 Å². The van der Waals surface area contributed by atoms with Crippen LogP contribution in [0.25, 0.3) is 10.9 Å². The van der Waals surface area contributed by atoms with E-state index in [4.69, 9.17) is 23.2 Å². The van der Waals surface area contributed by atoms with Gasteiger partial charge in [-0.15, -0.1) is 0 Å². The third kappa shape index (κ3) is 6.05. The number of aryl methyl sites for hydroxylation is 2. The fourth-order valence-corrected chi connectivity index (χ4v) is 3.56. The van der Waals surface area contributed by atoms with Gasteiger partial charge in [0.1, 0.15) is 11.0 Å². The average molecular weight is 403 g/mol. The van der Waals surface area contributed by atoms with E-state index in [1.807, 2.05) is 37.4 Å². The summed E-state index contributed by atoms with van der Waals surface area (Å²) in [6.45, 7) is 2.91. The van der Waals surface area contributed by atoms with E-state index < -0.39 is 0 Å². The number of anilines is 1. The number of hydrogen-bond acceptors (Lipinski definition) is 4. The zero-order valence-corrected chi connectivity index (χ0v) is 17.0. The summed E-state index contributed by atoms with van der Waals surface area (Å²) in [5.41, 5.74) is 2.97. The summed E-state index contributed by atoms with van der Waals surface area (Å²) in [6.07, 6.45) is 8.57. The zero-order valence-electron chi connectivity index (χ0n) is 15.5. The molecule has 0 amide bonds. The molecule has 4 nitrogen and oxygen atoms in total. The minimum Gasteiger partial charge on any atom is -0.384 e. The lowest BCUT2D eigenvalue weighted by atomic mass is 10.1. The second kappa shape index (κ2) is 9.86. The van der Waals surface area contributed by atoms with Crippen molar-refractivity contribution >= 4 is 39.8 Å². The number of hydrogen-bond donors (Lipinski definition) is 1. The third-order valence-corrected chi connectivity index (χ3v) is 4.90. The standard InChI is InChI=1S/C21H24Cl2N4/c1-15-13-20(23)27-21(26-15)7-5-3-2-4-6-11-24-18-10-12-25-19-14-16(22)8-9-17(18)19/h8-10,12-14H,2-7,11H2,1H3,(H,24,25). The largest absolute Gasteiger partial charge is 0.384 e. The molecule has 0 fully saturated rings. The van der Waals surface area contributed by atoms with Gasteiger partial charge in [0.25, 0.3) is 0 Å². The molecule has 0 saturated heterocycles. The van der Waals surface area contributed by atoms with Gasteiger partial charge in [-0.25, -0.2) is 9.97 Å². The average Bonchev–Trinajstić information content (AvgIpc) is 2.63. The number of benzene rings is 1. The molecule has 0 radical (unpaired) electrons. The van der Waals surface area contributed by atoms with Crippen molar-refractivity contribution in [2.45, 2.75) is 45.4 Å². The quantitative estimate of drug-likeness (QED) is 0.339. The van der Waals surface area contributed by atoms with Crippen LogP contribution in [0.15, 0.2) is 36.5 Å². The van der Waals surface area contributed by atoms with Gasteiger partial charge in [-0.3, -0.25) is 4.98 Å². The van der Waals surface area contributed by atoms with E-state index in [0.29, 0.717) is 10.2 Å². The van der Waals surface area contributed by atoms with Crippen molar-refractivity contribution in [3.8, 4) is 0 Å². The van der Waals surface area contributed by atoms with Crippen molar-refractivity contribution in [3.63, 3.8) is 0 Å². The molecule has 0 aliphatic heterocycles. The lowest BCUT2D eigenvalue weighted by Crippen LogP contribution is -2.02. The summed E-state index contributed by atoms with van der Waals surface area (Å²) in [7, 11) is 0. The van der Waals surface area contributed by atoms with Crippen molar-refractivity contribution in [3.05, 3.63) is 58.2 Å². The number of nitrogens with one attached hydrogen (secondary N) is 1. The highest BCUT2D eigenvalue weighted by Gasteiger charge is 2.03. The molecule has 1 N–H and O–H groups in total. The second-order valence-corrected chi connectivity index (χ2v) is 7.54. The van der Waals surface area contributed by atoms with Crippen molar-refractivity contribution < 1.29 is 0 Å². The molecule has 0 aliphatic rings. The van der Waals surface area contributed by atoms with E-state index in [-0.39, 0.29) is 0 Å². The summed E-state index contributed by atoms with van der Waals surface area (Å²) in [5.74, 6) is 0.853. The van der Waals surface area contributed by atoms with E-state index >= 15 is 0 Å². The molecule has 0 atom stereocenters. The summed E-state index contributed by atoms with van der Waals surface area (Å²) in [6, 6.07) is 9.63. The highest BCUT2D eigenvalue weighted by atomic mass is 35.5. The van der Waals surface area contributed by atoms with Crippen LogP contribution in [-0.2, 0) is 6.42 Å². The van der Waals surface area contributed by atoms with E-state index in [2.05, 4.69) is 20.3 Å². The van der Waals surface area contributed by atoms with Gasteiger partial charge in [0.05, 0.1) is 5.52 Å². The number of halogens is 2. The molecule has 3 rings (SSSR count). The SMILES string of the molecule is Cc1cc(Cl)nc(CCCCCCCNc2ccnc3cc(Cl)ccc23)n1. The predicted octanol–water partition coefficient (Wildman–Crippen LogP) is 6.25. The lowest BCUT2D eigenvalue weighted by Gasteiger charge is -2.09. The fraction of sp³-hybridized carbons (Fsp3) is 0.381. The van der Waals surface area contributed by atoms with Crippen LogP contribution >= 0.6 is 23.2 Å². The van der Waals surface area contributed by atoms with Crippen LogP contribution < -0.4 is 5.32 Å². The first kappa shape index (κ1) is 19.8. The van der Waals surface area contributed by atoms with Crippen molar-refractivity contribution in [1.82, 2.24) is 15.0 Å². The zero-order chi connectivity index (χ0) is 19.1. The molecule has 2 heterocycles. The van der Waals surface area contributed by atoms with Crippen LogP contribution in [0.1, 0.15) is 43.6 Å². The molecule has 0 unspecified atom stereocenters. The van der Waals surface area contributed by atoms with E-state index in [9.17, 15) is 0 Å². The smallest absolute Gasteiger partial charge is 0.133 e. The first-order valence-corrected chi connectivity index (χ1v) is 10.2. The van der Waals surface area contributed by atoms with Crippen LogP contribution in [0.3, 0.4) is 0 Å².